The van der Waals surface area contributed by atoms with Crippen LogP contribution in [0.4, 0.5) is 0 Å². The molecule has 18 heavy (non-hydrogen) atoms. The Kier molecular flexibility index (Phi) is 4.01. The van der Waals surface area contributed by atoms with Gasteiger partial charge < -0.3 is 10.6 Å². The number of hydrogen-bond donors (Lipinski definition) is 2. The van der Waals surface area contributed by atoms with Gasteiger partial charge in [0.1, 0.15) is 5.54 Å². The third-order valence-electron chi connectivity index (χ3n) is 3.25. The Morgan fingerprint density at radius 3 is 3.11 bits per heavy atom. The minimum Gasteiger partial charge on any atom is -0.349 e. The molecule has 1 aromatic rings. The van der Waals surface area contributed by atoms with Gasteiger partial charge in [-0.2, -0.15) is 0 Å². The van der Waals surface area contributed by atoms with Crippen LogP contribution in [0.5, 0.6) is 0 Å². The third-order valence-corrected chi connectivity index (χ3v) is 4.13. The first-order chi connectivity index (χ1) is 8.60. The summed E-state index contributed by atoms with van der Waals surface area (Å²) in [4.78, 5) is 24.9. The molecule has 0 saturated carbocycles. The smallest absolute Gasteiger partial charge is 0.245 e. The van der Waals surface area contributed by atoms with Crippen molar-refractivity contribution in [2.24, 2.45) is 0 Å². The zero-order valence-corrected chi connectivity index (χ0v) is 11.3. The van der Waals surface area contributed by atoms with E-state index in [2.05, 4.69) is 10.6 Å². The molecule has 1 atom stereocenters. The molecular weight excluding hydrogens is 248 g/mol. The van der Waals surface area contributed by atoms with Crippen molar-refractivity contribution in [3.63, 3.8) is 0 Å². The SMILES string of the molecule is C[C@@]1(C(=O)NCc2cccs2)CCCCC(=O)N1. The van der Waals surface area contributed by atoms with Crippen molar-refractivity contribution >= 4 is 23.2 Å². The van der Waals surface area contributed by atoms with Crippen LogP contribution in [0.3, 0.4) is 0 Å². The van der Waals surface area contributed by atoms with Gasteiger partial charge in [0.25, 0.3) is 0 Å². The molecule has 1 fully saturated rings. The van der Waals surface area contributed by atoms with Crippen LogP contribution in [0.2, 0.25) is 0 Å². The number of carbonyl (C=O) groups is 2. The van der Waals surface area contributed by atoms with Crippen LogP contribution in [0.1, 0.15) is 37.5 Å². The van der Waals surface area contributed by atoms with Crippen molar-refractivity contribution < 1.29 is 9.59 Å². The molecule has 2 amide bonds. The summed E-state index contributed by atoms with van der Waals surface area (Å²) in [5.41, 5.74) is -0.759. The summed E-state index contributed by atoms with van der Waals surface area (Å²) in [6.07, 6.45) is 2.99. The summed E-state index contributed by atoms with van der Waals surface area (Å²) >= 11 is 1.61. The van der Waals surface area contributed by atoms with Crippen molar-refractivity contribution in [3.05, 3.63) is 22.4 Å². The van der Waals surface area contributed by atoms with Crippen molar-refractivity contribution in [3.8, 4) is 0 Å². The highest BCUT2D eigenvalue weighted by molar-refractivity contribution is 7.09. The number of nitrogens with one attached hydrogen (secondary N) is 2. The van der Waals surface area contributed by atoms with Crippen molar-refractivity contribution in [1.29, 1.82) is 0 Å². The average molecular weight is 266 g/mol. The highest BCUT2D eigenvalue weighted by Crippen LogP contribution is 2.19. The molecule has 4 nitrogen and oxygen atoms in total. The lowest BCUT2D eigenvalue weighted by atomic mass is 9.95. The Morgan fingerprint density at radius 1 is 1.56 bits per heavy atom. The van der Waals surface area contributed by atoms with E-state index in [-0.39, 0.29) is 11.8 Å². The quantitative estimate of drug-likeness (QED) is 0.876. The molecule has 1 aromatic heterocycles. The second kappa shape index (κ2) is 5.52. The van der Waals surface area contributed by atoms with Crippen LogP contribution >= 0.6 is 11.3 Å². The lowest BCUT2D eigenvalue weighted by Gasteiger charge is -2.27. The Labute approximate surface area is 111 Å². The molecule has 0 unspecified atom stereocenters. The van der Waals surface area contributed by atoms with Crippen LogP contribution in [0, 0.1) is 0 Å². The molecule has 0 spiro atoms. The molecule has 0 radical (unpaired) electrons. The maximum atomic E-state index is 12.2. The molecule has 2 rings (SSSR count). The number of rotatable bonds is 3. The zero-order chi connectivity index (χ0) is 13.0. The van der Waals surface area contributed by atoms with Gasteiger partial charge in [0, 0.05) is 11.3 Å². The molecule has 1 aliphatic heterocycles. The van der Waals surface area contributed by atoms with Crippen molar-refractivity contribution in [2.75, 3.05) is 0 Å². The predicted octanol–water partition coefficient (Wildman–Crippen LogP) is 1.81. The second-order valence-electron chi connectivity index (χ2n) is 4.85. The normalized spacial score (nSPS) is 24.2. The average Bonchev–Trinajstić information content (AvgIpc) is 2.78. The van der Waals surface area contributed by atoms with Gasteiger partial charge in [0.2, 0.25) is 11.8 Å². The minimum absolute atomic E-state index is 0.0266. The minimum atomic E-state index is -0.759. The molecule has 0 aliphatic carbocycles. The van der Waals surface area contributed by atoms with Gasteiger partial charge in [0.05, 0.1) is 6.54 Å². The first kappa shape index (κ1) is 13.1. The largest absolute Gasteiger partial charge is 0.349 e. The van der Waals surface area contributed by atoms with Crippen LogP contribution in [0.15, 0.2) is 17.5 Å². The number of thiophene rings is 1. The van der Waals surface area contributed by atoms with E-state index in [0.29, 0.717) is 19.4 Å². The molecule has 0 aromatic carbocycles. The zero-order valence-electron chi connectivity index (χ0n) is 10.5. The number of hydrogen-bond acceptors (Lipinski definition) is 3. The topological polar surface area (TPSA) is 58.2 Å². The molecule has 1 aliphatic rings. The summed E-state index contributed by atoms with van der Waals surface area (Å²) in [7, 11) is 0. The number of amides is 2. The maximum absolute atomic E-state index is 12.2. The summed E-state index contributed by atoms with van der Waals surface area (Å²) < 4.78 is 0. The van der Waals surface area contributed by atoms with E-state index in [1.165, 1.54) is 0 Å². The molecule has 2 heterocycles. The molecule has 2 N–H and O–H groups in total. The highest BCUT2D eigenvalue weighted by Gasteiger charge is 2.35. The summed E-state index contributed by atoms with van der Waals surface area (Å²) in [5.74, 6) is -0.118. The maximum Gasteiger partial charge on any atom is 0.245 e. The summed E-state index contributed by atoms with van der Waals surface area (Å²) in [6, 6.07) is 3.94. The molecule has 0 bridgehead atoms. The van der Waals surface area contributed by atoms with Gasteiger partial charge in [-0.3, -0.25) is 9.59 Å². The van der Waals surface area contributed by atoms with Gasteiger partial charge >= 0.3 is 0 Å². The number of carbonyl (C=O) groups excluding carboxylic acids is 2. The third kappa shape index (κ3) is 3.10. The first-order valence-corrected chi connectivity index (χ1v) is 7.10. The van der Waals surface area contributed by atoms with Crippen LogP contribution in [-0.4, -0.2) is 17.4 Å². The summed E-state index contributed by atoms with van der Waals surface area (Å²) in [5, 5.41) is 7.72. The van der Waals surface area contributed by atoms with E-state index in [9.17, 15) is 9.59 Å². The van der Waals surface area contributed by atoms with Crippen molar-refractivity contribution in [1.82, 2.24) is 10.6 Å². The van der Waals surface area contributed by atoms with E-state index in [1.54, 1.807) is 18.3 Å². The van der Waals surface area contributed by atoms with Crippen LogP contribution in [0.25, 0.3) is 0 Å². The lowest BCUT2D eigenvalue weighted by molar-refractivity contribution is -0.132. The second-order valence-corrected chi connectivity index (χ2v) is 5.88. The van der Waals surface area contributed by atoms with E-state index in [0.717, 1.165) is 17.7 Å². The summed E-state index contributed by atoms with van der Waals surface area (Å²) in [6.45, 7) is 2.34. The molecule has 5 heteroatoms. The standard InChI is InChI=1S/C13H18N2O2S/c1-13(7-3-2-6-11(16)15-13)12(17)14-9-10-5-4-8-18-10/h4-5,8H,2-3,6-7,9H2,1H3,(H,14,17)(H,15,16)/t13-/m0/s1. The van der Waals surface area contributed by atoms with E-state index in [4.69, 9.17) is 0 Å². The van der Waals surface area contributed by atoms with E-state index < -0.39 is 5.54 Å². The van der Waals surface area contributed by atoms with Gasteiger partial charge in [-0.05, 0) is 31.2 Å². The lowest BCUT2D eigenvalue weighted by Crippen LogP contribution is -2.55. The predicted molar refractivity (Wildman–Crippen MR) is 71.2 cm³/mol. The van der Waals surface area contributed by atoms with Gasteiger partial charge in [-0.15, -0.1) is 11.3 Å². The Bertz CT molecular complexity index is 430. The Morgan fingerprint density at radius 2 is 2.39 bits per heavy atom. The monoisotopic (exact) mass is 266 g/mol. The Balaban J connectivity index is 1.95. The fourth-order valence-corrected chi connectivity index (χ4v) is 2.79. The van der Waals surface area contributed by atoms with E-state index >= 15 is 0 Å². The fraction of sp³-hybridized carbons (Fsp3) is 0.538. The fourth-order valence-electron chi connectivity index (χ4n) is 2.14. The molecular formula is C13H18N2O2S. The first-order valence-electron chi connectivity index (χ1n) is 6.22. The highest BCUT2D eigenvalue weighted by atomic mass is 32.1. The van der Waals surface area contributed by atoms with Gasteiger partial charge in [-0.1, -0.05) is 12.5 Å². The van der Waals surface area contributed by atoms with Crippen LogP contribution < -0.4 is 10.6 Å². The molecule has 1 saturated heterocycles. The van der Waals surface area contributed by atoms with Crippen LogP contribution in [-0.2, 0) is 16.1 Å². The molecule has 98 valence electrons. The van der Waals surface area contributed by atoms with Gasteiger partial charge in [-0.25, -0.2) is 0 Å². The Hall–Kier alpha value is -1.36. The van der Waals surface area contributed by atoms with Crippen molar-refractivity contribution in [2.45, 2.75) is 44.7 Å². The van der Waals surface area contributed by atoms with E-state index in [1.807, 2.05) is 17.5 Å². The van der Waals surface area contributed by atoms with Gasteiger partial charge in [0.15, 0.2) is 0 Å².